The number of aromatic nitrogens is 2. The van der Waals surface area contributed by atoms with E-state index in [1.807, 2.05) is 4.90 Å². The quantitative estimate of drug-likeness (QED) is 0.712. The highest BCUT2D eigenvalue weighted by molar-refractivity contribution is 5.69. The Morgan fingerprint density at radius 1 is 1.33 bits per heavy atom. The van der Waals surface area contributed by atoms with Gasteiger partial charge in [0.05, 0.1) is 18.6 Å². The zero-order valence-corrected chi connectivity index (χ0v) is 10.0. The lowest BCUT2D eigenvalue weighted by molar-refractivity contribution is -0.138. The molecule has 2 rings (SSSR count). The molecule has 0 saturated carbocycles. The summed E-state index contributed by atoms with van der Waals surface area (Å²) in [4.78, 5) is 32.3. The molecule has 0 atom stereocenters. The first-order valence-electron chi connectivity index (χ1n) is 5.83. The summed E-state index contributed by atoms with van der Waals surface area (Å²) in [7, 11) is 0. The second-order valence-corrected chi connectivity index (χ2v) is 4.35. The summed E-state index contributed by atoms with van der Waals surface area (Å²) >= 11 is 0. The van der Waals surface area contributed by atoms with Gasteiger partial charge < -0.3 is 10.1 Å². The molecule has 2 heterocycles. The molecule has 1 aromatic rings. The molecule has 2 N–H and O–H groups in total. The van der Waals surface area contributed by atoms with Crippen molar-refractivity contribution in [3.05, 3.63) is 28.4 Å². The van der Waals surface area contributed by atoms with E-state index in [0.717, 1.165) is 31.9 Å². The Hall–Kier alpha value is -1.73. The van der Waals surface area contributed by atoms with Crippen LogP contribution in [0.25, 0.3) is 0 Å². The van der Waals surface area contributed by atoms with E-state index in [9.17, 15) is 9.59 Å². The van der Waals surface area contributed by atoms with Gasteiger partial charge >= 0.3 is 5.97 Å². The Bertz CT molecular complexity index is 465. The predicted molar refractivity (Wildman–Crippen MR) is 64.2 cm³/mol. The molecule has 1 saturated heterocycles. The van der Waals surface area contributed by atoms with Crippen LogP contribution in [0.2, 0.25) is 0 Å². The number of carboxylic acid groups (broad SMARTS) is 1. The van der Waals surface area contributed by atoms with Crippen LogP contribution in [0.1, 0.15) is 5.69 Å². The second kappa shape index (κ2) is 5.74. The maximum Gasteiger partial charge on any atom is 0.317 e. The first-order chi connectivity index (χ1) is 8.63. The number of hydrogen-bond donors (Lipinski definition) is 2. The number of piperazine rings is 1. The molecular formula is C11H16N4O3. The van der Waals surface area contributed by atoms with Gasteiger partial charge in [0.15, 0.2) is 0 Å². The monoisotopic (exact) mass is 252 g/mol. The Kier molecular flexibility index (Phi) is 4.06. The van der Waals surface area contributed by atoms with E-state index in [2.05, 4.69) is 14.9 Å². The molecule has 1 aliphatic heterocycles. The van der Waals surface area contributed by atoms with E-state index in [0.29, 0.717) is 6.54 Å². The maximum atomic E-state index is 11.1. The third kappa shape index (κ3) is 3.64. The molecule has 0 aliphatic carbocycles. The molecule has 0 spiro atoms. The Morgan fingerprint density at radius 2 is 2.00 bits per heavy atom. The zero-order valence-electron chi connectivity index (χ0n) is 10.0. The first-order valence-corrected chi connectivity index (χ1v) is 5.83. The van der Waals surface area contributed by atoms with Crippen molar-refractivity contribution in [2.75, 3.05) is 32.7 Å². The highest BCUT2D eigenvalue weighted by Gasteiger charge is 2.18. The van der Waals surface area contributed by atoms with Crippen LogP contribution in [0, 0.1) is 0 Å². The summed E-state index contributed by atoms with van der Waals surface area (Å²) in [5.74, 6) is -0.792. The van der Waals surface area contributed by atoms with Crippen molar-refractivity contribution < 1.29 is 9.90 Å². The van der Waals surface area contributed by atoms with Gasteiger partial charge in [-0.1, -0.05) is 0 Å². The van der Waals surface area contributed by atoms with Gasteiger partial charge in [0.25, 0.3) is 5.56 Å². The van der Waals surface area contributed by atoms with Crippen molar-refractivity contribution in [3.8, 4) is 0 Å². The lowest BCUT2D eigenvalue weighted by Gasteiger charge is -2.33. The molecule has 0 unspecified atom stereocenters. The van der Waals surface area contributed by atoms with E-state index >= 15 is 0 Å². The SMILES string of the molecule is O=C(O)CN1CCN(Cc2cc(=O)[nH]cn2)CC1. The molecule has 0 radical (unpaired) electrons. The predicted octanol–water partition coefficient (Wildman–Crippen LogP) is -1.03. The number of aliphatic carboxylic acids is 1. The molecule has 1 aromatic heterocycles. The van der Waals surface area contributed by atoms with Gasteiger partial charge in [-0.2, -0.15) is 0 Å². The van der Waals surface area contributed by atoms with Crippen molar-refractivity contribution in [1.29, 1.82) is 0 Å². The number of carbonyl (C=O) groups is 1. The fourth-order valence-electron chi connectivity index (χ4n) is 2.02. The molecule has 1 fully saturated rings. The molecule has 1 aliphatic rings. The van der Waals surface area contributed by atoms with Crippen molar-refractivity contribution in [3.63, 3.8) is 0 Å². The van der Waals surface area contributed by atoms with Crippen molar-refractivity contribution in [2.45, 2.75) is 6.54 Å². The molecule has 0 amide bonds. The fourth-order valence-corrected chi connectivity index (χ4v) is 2.02. The molecule has 18 heavy (non-hydrogen) atoms. The minimum atomic E-state index is -0.792. The lowest BCUT2D eigenvalue weighted by atomic mass is 10.3. The number of rotatable bonds is 4. The molecule has 0 aromatic carbocycles. The second-order valence-electron chi connectivity index (χ2n) is 4.35. The summed E-state index contributed by atoms with van der Waals surface area (Å²) < 4.78 is 0. The Morgan fingerprint density at radius 3 is 2.61 bits per heavy atom. The average molecular weight is 252 g/mol. The summed E-state index contributed by atoms with van der Waals surface area (Å²) in [6.07, 6.45) is 1.40. The highest BCUT2D eigenvalue weighted by Crippen LogP contribution is 2.05. The first kappa shape index (κ1) is 12.7. The van der Waals surface area contributed by atoms with Crippen LogP contribution in [0.15, 0.2) is 17.2 Å². The highest BCUT2D eigenvalue weighted by atomic mass is 16.4. The molecule has 7 heteroatoms. The summed E-state index contributed by atoms with van der Waals surface area (Å²) in [6.45, 7) is 3.77. The smallest absolute Gasteiger partial charge is 0.317 e. The Labute approximate surface area is 104 Å². The van der Waals surface area contributed by atoms with Crippen LogP contribution >= 0.6 is 0 Å². The number of H-pyrrole nitrogens is 1. The van der Waals surface area contributed by atoms with Crippen LogP contribution in [-0.4, -0.2) is 63.6 Å². The summed E-state index contributed by atoms with van der Waals surface area (Å²) in [6, 6.07) is 1.49. The fraction of sp³-hybridized carbons (Fsp3) is 0.545. The normalized spacial score (nSPS) is 17.8. The van der Waals surface area contributed by atoms with E-state index in [-0.39, 0.29) is 12.1 Å². The van der Waals surface area contributed by atoms with Crippen LogP contribution in [0.5, 0.6) is 0 Å². The van der Waals surface area contributed by atoms with E-state index in [1.165, 1.54) is 12.4 Å². The largest absolute Gasteiger partial charge is 0.480 e. The number of hydrogen-bond acceptors (Lipinski definition) is 5. The number of aromatic amines is 1. The zero-order chi connectivity index (χ0) is 13.0. The van der Waals surface area contributed by atoms with Crippen LogP contribution in [0.4, 0.5) is 0 Å². The Balaban J connectivity index is 1.83. The van der Waals surface area contributed by atoms with Crippen molar-refractivity contribution in [1.82, 2.24) is 19.8 Å². The van der Waals surface area contributed by atoms with Gasteiger partial charge in [0.2, 0.25) is 0 Å². The summed E-state index contributed by atoms with van der Waals surface area (Å²) in [5, 5.41) is 8.69. The van der Waals surface area contributed by atoms with E-state index in [4.69, 9.17) is 5.11 Å². The van der Waals surface area contributed by atoms with Gasteiger partial charge in [0, 0.05) is 38.8 Å². The van der Waals surface area contributed by atoms with Gasteiger partial charge in [-0.05, 0) is 0 Å². The number of carboxylic acids is 1. The van der Waals surface area contributed by atoms with Gasteiger partial charge in [-0.25, -0.2) is 4.98 Å². The maximum absolute atomic E-state index is 11.1. The van der Waals surface area contributed by atoms with Crippen molar-refractivity contribution >= 4 is 5.97 Å². The molecule has 98 valence electrons. The van der Waals surface area contributed by atoms with Crippen LogP contribution in [-0.2, 0) is 11.3 Å². The number of nitrogens with zero attached hydrogens (tertiary/aromatic N) is 3. The van der Waals surface area contributed by atoms with Crippen LogP contribution in [0.3, 0.4) is 0 Å². The lowest BCUT2D eigenvalue weighted by Crippen LogP contribution is -2.47. The summed E-state index contributed by atoms with van der Waals surface area (Å²) in [5.41, 5.74) is 0.593. The average Bonchev–Trinajstić information content (AvgIpc) is 2.31. The molecule has 0 bridgehead atoms. The third-order valence-corrected chi connectivity index (χ3v) is 2.94. The standard InChI is InChI=1S/C11H16N4O3/c16-10-5-9(12-8-13-10)6-14-1-3-15(4-2-14)7-11(17)18/h5,8H,1-4,6-7H2,(H,17,18)(H,12,13,16). The topological polar surface area (TPSA) is 89.5 Å². The van der Waals surface area contributed by atoms with Gasteiger partial charge in [0.1, 0.15) is 0 Å². The van der Waals surface area contributed by atoms with Crippen molar-refractivity contribution in [2.24, 2.45) is 0 Å². The molecular weight excluding hydrogens is 236 g/mol. The van der Waals surface area contributed by atoms with E-state index < -0.39 is 5.97 Å². The van der Waals surface area contributed by atoms with E-state index in [1.54, 1.807) is 0 Å². The third-order valence-electron chi connectivity index (χ3n) is 2.94. The minimum absolute atomic E-state index is 0.0943. The number of nitrogens with one attached hydrogen (secondary N) is 1. The van der Waals surface area contributed by atoms with Crippen LogP contribution < -0.4 is 5.56 Å². The minimum Gasteiger partial charge on any atom is -0.480 e. The molecule has 7 nitrogen and oxygen atoms in total. The van der Waals surface area contributed by atoms with Gasteiger partial charge in [-0.15, -0.1) is 0 Å². The van der Waals surface area contributed by atoms with Gasteiger partial charge in [-0.3, -0.25) is 19.4 Å².